The number of hydrogen-bond acceptors (Lipinski definition) is 4. The summed E-state index contributed by atoms with van der Waals surface area (Å²) in [5, 5.41) is 2.68. The van der Waals surface area contributed by atoms with Crippen LogP contribution in [0, 0.1) is 5.82 Å². The Labute approximate surface area is 158 Å². The monoisotopic (exact) mass is 370 g/mol. The number of nitrogens with zero attached hydrogens (tertiary/aromatic N) is 1. The third-order valence-electron chi connectivity index (χ3n) is 4.20. The molecule has 142 valence electrons. The van der Waals surface area contributed by atoms with Crippen molar-refractivity contribution in [1.29, 1.82) is 0 Å². The first-order valence-electron chi connectivity index (χ1n) is 9.00. The first kappa shape index (κ1) is 18.9. The van der Waals surface area contributed by atoms with Gasteiger partial charge in [0.2, 0.25) is 5.91 Å². The lowest BCUT2D eigenvalue weighted by atomic mass is 10.2. The quantitative estimate of drug-likeness (QED) is 0.788. The predicted molar refractivity (Wildman–Crippen MR) is 105 cm³/mol. The maximum Gasteiger partial charge on any atom is 0.248 e. The lowest BCUT2D eigenvalue weighted by molar-refractivity contribution is -0.111. The van der Waals surface area contributed by atoms with Gasteiger partial charge in [0, 0.05) is 30.4 Å². The number of nitrogens with one attached hydrogen (secondary N) is 1. The second-order valence-electron chi connectivity index (χ2n) is 6.06. The van der Waals surface area contributed by atoms with Crippen LogP contribution < -0.4 is 15.0 Å². The molecular formula is C21H23FN2O3. The minimum atomic E-state index is -0.361. The summed E-state index contributed by atoms with van der Waals surface area (Å²) in [5.74, 6) is 0.0187. The lowest BCUT2D eigenvalue weighted by Gasteiger charge is -2.29. The summed E-state index contributed by atoms with van der Waals surface area (Å²) in [7, 11) is 0. The number of halogens is 1. The molecule has 1 N–H and O–H groups in total. The molecule has 0 spiro atoms. The number of para-hydroxylation sites is 1. The molecule has 1 heterocycles. The van der Waals surface area contributed by atoms with Gasteiger partial charge in [0.15, 0.2) is 0 Å². The smallest absolute Gasteiger partial charge is 0.248 e. The summed E-state index contributed by atoms with van der Waals surface area (Å²) in [6.45, 7) is 4.95. The summed E-state index contributed by atoms with van der Waals surface area (Å²) >= 11 is 0. The summed E-state index contributed by atoms with van der Waals surface area (Å²) < 4.78 is 25.2. The van der Waals surface area contributed by atoms with Gasteiger partial charge in [-0.25, -0.2) is 4.39 Å². The topological polar surface area (TPSA) is 50.8 Å². The Morgan fingerprint density at radius 3 is 2.78 bits per heavy atom. The molecule has 1 aliphatic heterocycles. The fourth-order valence-corrected chi connectivity index (χ4v) is 2.90. The van der Waals surface area contributed by atoms with Crippen LogP contribution in [-0.2, 0) is 9.53 Å². The van der Waals surface area contributed by atoms with Crippen LogP contribution in [0.15, 0.2) is 48.5 Å². The Balaban J connectivity index is 1.65. The highest BCUT2D eigenvalue weighted by Gasteiger charge is 2.15. The van der Waals surface area contributed by atoms with Crippen LogP contribution in [0.1, 0.15) is 12.5 Å². The zero-order valence-electron chi connectivity index (χ0n) is 15.3. The van der Waals surface area contributed by atoms with E-state index < -0.39 is 0 Å². The van der Waals surface area contributed by atoms with Crippen LogP contribution in [-0.4, -0.2) is 38.8 Å². The molecule has 0 aromatic heterocycles. The SMILES string of the molecule is CCOc1ccccc1/C=C/C(=O)Nc1ccc(N2CCOCC2)c(F)c1. The van der Waals surface area contributed by atoms with E-state index in [-0.39, 0.29) is 11.7 Å². The molecule has 0 saturated carbocycles. The van der Waals surface area contributed by atoms with Crippen molar-refractivity contribution >= 4 is 23.4 Å². The molecule has 0 unspecified atom stereocenters. The van der Waals surface area contributed by atoms with Gasteiger partial charge in [-0.2, -0.15) is 0 Å². The fourth-order valence-electron chi connectivity index (χ4n) is 2.90. The second-order valence-corrected chi connectivity index (χ2v) is 6.06. The summed E-state index contributed by atoms with van der Waals surface area (Å²) in [6.07, 6.45) is 3.09. The fraction of sp³-hybridized carbons (Fsp3) is 0.286. The van der Waals surface area contributed by atoms with Gasteiger partial charge in [0.25, 0.3) is 0 Å². The average molecular weight is 370 g/mol. The number of anilines is 2. The summed E-state index contributed by atoms with van der Waals surface area (Å²) in [6, 6.07) is 12.2. The molecule has 0 bridgehead atoms. The third kappa shape index (κ3) is 5.08. The van der Waals surface area contributed by atoms with E-state index in [2.05, 4.69) is 5.32 Å². The number of ether oxygens (including phenoxy) is 2. The third-order valence-corrected chi connectivity index (χ3v) is 4.20. The van der Waals surface area contributed by atoms with E-state index in [1.54, 1.807) is 18.2 Å². The highest BCUT2D eigenvalue weighted by Crippen LogP contribution is 2.24. The first-order chi connectivity index (χ1) is 13.2. The van der Waals surface area contributed by atoms with Crippen molar-refractivity contribution in [2.24, 2.45) is 0 Å². The van der Waals surface area contributed by atoms with Crippen LogP contribution in [0.4, 0.5) is 15.8 Å². The number of amides is 1. The molecule has 2 aromatic carbocycles. The number of carbonyl (C=O) groups excluding carboxylic acids is 1. The number of carbonyl (C=O) groups is 1. The molecule has 0 aliphatic carbocycles. The average Bonchev–Trinajstić information content (AvgIpc) is 2.68. The van der Waals surface area contributed by atoms with E-state index in [4.69, 9.17) is 9.47 Å². The standard InChI is InChI=1S/C21H23FN2O3/c1-2-27-20-6-4-3-5-16(20)7-10-21(25)23-17-8-9-19(18(22)15-17)24-11-13-26-14-12-24/h3-10,15H,2,11-14H2,1H3,(H,23,25)/b10-7+. The van der Waals surface area contributed by atoms with Gasteiger partial charge in [-0.15, -0.1) is 0 Å². The molecule has 5 nitrogen and oxygen atoms in total. The number of rotatable bonds is 6. The Morgan fingerprint density at radius 2 is 2.04 bits per heavy atom. The van der Waals surface area contributed by atoms with E-state index in [0.717, 1.165) is 5.56 Å². The van der Waals surface area contributed by atoms with Crippen LogP contribution in [0.5, 0.6) is 5.75 Å². The highest BCUT2D eigenvalue weighted by atomic mass is 19.1. The Bertz CT molecular complexity index is 817. The molecule has 0 radical (unpaired) electrons. The Morgan fingerprint density at radius 1 is 1.26 bits per heavy atom. The van der Waals surface area contributed by atoms with Crippen molar-refractivity contribution in [3.63, 3.8) is 0 Å². The molecule has 1 saturated heterocycles. The minimum absolute atomic E-state index is 0.333. The largest absolute Gasteiger partial charge is 0.493 e. The van der Waals surface area contributed by atoms with Crippen molar-refractivity contribution in [3.8, 4) is 5.75 Å². The Kier molecular flexibility index (Phi) is 6.44. The molecule has 1 amide bonds. The van der Waals surface area contributed by atoms with Gasteiger partial charge < -0.3 is 19.7 Å². The molecular weight excluding hydrogens is 347 g/mol. The van der Waals surface area contributed by atoms with Crippen LogP contribution >= 0.6 is 0 Å². The van der Waals surface area contributed by atoms with Gasteiger partial charge in [-0.3, -0.25) is 4.79 Å². The van der Waals surface area contributed by atoms with Crippen LogP contribution in [0.25, 0.3) is 6.08 Å². The molecule has 1 fully saturated rings. The zero-order chi connectivity index (χ0) is 19.1. The van der Waals surface area contributed by atoms with Gasteiger partial charge >= 0.3 is 0 Å². The van der Waals surface area contributed by atoms with Crippen molar-refractivity contribution in [2.75, 3.05) is 43.1 Å². The van der Waals surface area contributed by atoms with Crippen molar-refractivity contribution < 1.29 is 18.7 Å². The predicted octanol–water partition coefficient (Wildman–Crippen LogP) is 3.71. The normalized spacial score (nSPS) is 14.4. The molecule has 1 aliphatic rings. The van der Waals surface area contributed by atoms with Gasteiger partial charge in [0.1, 0.15) is 11.6 Å². The molecule has 6 heteroatoms. The van der Waals surface area contributed by atoms with E-state index in [1.165, 1.54) is 12.1 Å². The number of hydrogen-bond donors (Lipinski definition) is 1. The number of morpholine rings is 1. The summed E-state index contributed by atoms with van der Waals surface area (Å²) in [5.41, 5.74) is 1.75. The van der Waals surface area contributed by atoms with Crippen molar-refractivity contribution in [2.45, 2.75) is 6.92 Å². The zero-order valence-corrected chi connectivity index (χ0v) is 15.3. The second kappa shape index (κ2) is 9.19. The minimum Gasteiger partial charge on any atom is -0.493 e. The van der Waals surface area contributed by atoms with E-state index >= 15 is 0 Å². The van der Waals surface area contributed by atoms with Crippen molar-refractivity contribution in [1.82, 2.24) is 0 Å². The first-order valence-corrected chi connectivity index (χ1v) is 9.00. The van der Waals surface area contributed by atoms with E-state index in [9.17, 15) is 9.18 Å². The maximum atomic E-state index is 14.4. The number of benzene rings is 2. The molecule has 2 aromatic rings. The highest BCUT2D eigenvalue weighted by molar-refractivity contribution is 6.02. The molecule has 27 heavy (non-hydrogen) atoms. The lowest BCUT2D eigenvalue weighted by Crippen LogP contribution is -2.36. The van der Waals surface area contributed by atoms with Crippen molar-refractivity contribution in [3.05, 3.63) is 59.9 Å². The van der Waals surface area contributed by atoms with Gasteiger partial charge in [0.05, 0.1) is 25.5 Å². The van der Waals surface area contributed by atoms with Crippen LogP contribution in [0.3, 0.4) is 0 Å². The Hall–Kier alpha value is -2.86. The maximum absolute atomic E-state index is 14.4. The van der Waals surface area contributed by atoms with Gasteiger partial charge in [-0.05, 0) is 37.3 Å². The molecule has 0 atom stereocenters. The van der Waals surface area contributed by atoms with E-state index in [1.807, 2.05) is 36.1 Å². The summed E-state index contributed by atoms with van der Waals surface area (Å²) in [4.78, 5) is 14.1. The van der Waals surface area contributed by atoms with Crippen LogP contribution in [0.2, 0.25) is 0 Å². The van der Waals surface area contributed by atoms with E-state index in [0.29, 0.717) is 50.0 Å². The van der Waals surface area contributed by atoms with Gasteiger partial charge in [-0.1, -0.05) is 18.2 Å². The molecule has 3 rings (SSSR count).